The second-order valence-electron chi connectivity index (χ2n) is 15.0. The fraction of sp³-hybridized carbons (Fsp3) is 0.0566. The lowest BCUT2D eigenvalue weighted by Gasteiger charge is -2.39. The van der Waals surface area contributed by atoms with E-state index in [2.05, 4.69) is 224 Å². The van der Waals surface area contributed by atoms with Gasteiger partial charge >= 0.3 is 0 Å². The zero-order valence-electron chi connectivity index (χ0n) is 31.4. The monoisotopic (exact) mass is 720 g/mol. The van der Waals surface area contributed by atoms with Crippen molar-refractivity contribution >= 4 is 45.1 Å². The van der Waals surface area contributed by atoms with Crippen LogP contribution in [0.1, 0.15) is 25.2 Å². The van der Waals surface area contributed by atoms with Crippen LogP contribution < -0.4 is 9.80 Å². The molecule has 10 rings (SSSR count). The third-order valence-electron chi connectivity index (χ3n) is 11.2. The van der Waals surface area contributed by atoms with Crippen molar-refractivity contribution in [2.75, 3.05) is 9.80 Å². The first kappa shape index (κ1) is 33.5. The van der Waals surface area contributed by atoms with Crippen molar-refractivity contribution in [3.05, 3.63) is 218 Å². The van der Waals surface area contributed by atoms with Crippen LogP contribution in [-0.2, 0) is 5.41 Å². The van der Waals surface area contributed by atoms with Gasteiger partial charge in [0.15, 0.2) is 0 Å². The molecule has 1 aliphatic heterocycles. The number of hydrogen-bond acceptors (Lipinski definition) is 3. The van der Waals surface area contributed by atoms with Gasteiger partial charge in [0.25, 0.3) is 0 Å². The Kier molecular flexibility index (Phi) is 8.15. The molecule has 0 atom stereocenters. The van der Waals surface area contributed by atoms with Gasteiger partial charge in [0.2, 0.25) is 0 Å². The first-order valence-corrected chi connectivity index (χ1v) is 19.3. The molecule has 0 bridgehead atoms. The molecule has 1 aromatic heterocycles. The van der Waals surface area contributed by atoms with Crippen molar-refractivity contribution in [3.8, 4) is 33.4 Å². The topological polar surface area (TPSA) is 19.6 Å². The van der Waals surface area contributed by atoms with E-state index >= 15 is 0 Å². The molecule has 0 amide bonds. The molecule has 268 valence electrons. The summed E-state index contributed by atoms with van der Waals surface area (Å²) in [7, 11) is 0. The molecule has 1 aliphatic rings. The minimum Gasteiger partial charge on any atom is -0.458 e. The highest BCUT2D eigenvalue weighted by molar-refractivity contribution is 6.01. The maximum atomic E-state index is 6.61. The van der Waals surface area contributed by atoms with Crippen LogP contribution in [0.25, 0.3) is 44.3 Å². The van der Waals surface area contributed by atoms with Gasteiger partial charge in [0.05, 0.1) is 16.8 Å². The van der Waals surface area contributed by atoms with E-state index in [1.807, 2.05) is 6.07 Å². The van der Waals surface area contributed by atoms with Crippen LogP contribution in [0.3, 0.4) is 0 Å². The minimum atomic E-state index is -0.273. The minimum absolute atomic E-state index is 0.273. The highest BCUT2D eigenvalue weighted by Crippen LogP contribution is 2.55. The number of fused-ring (bicyclic) bond motifs is 4. The molecule has 3 nitrogen and oxygen atoms in total. The molecule has 9 aromatic rings. The van der Waals surface area contributed by atoms with E-state index in [1.165, 1.54) is 33.5 Å². The lowest BCUT2D eigenvalue weighted by Crippen LogP contribution is -2.29. The first-order valence-electron chi connectivity index (χ1n) is 19.3. The Morgan fingerprint density at radius 3 is 1.34 bits per heavy atom. The second-order valence-corrected chi connectivity index (χ2v) is 15.0. The number of hydrogen-bond donors (Lipinski definition) is 0. The van der Waals surface area contributed by atoms with Crippen molar-refractivity contribution < 1.29 is 4.42 Å². The lowest BCUT2D eigenvalue weighted by molar-refractivity contribution is 0.450. The summed E-state index contributed by atoms with van der Waals surface area (Å²) in [4.78, 5) is 4.71. The number of anilines is 6. The number of rotatable bonds is 7. The Hall–Kier alpha value is -7.10. The van der Waals surface area contributed by atoms with Gasteiger partial charge in [-0.25, -0.2) is 0 Å². The molecule has 2 heterocycles. The van der Waals surface area contributed by atoms with Crippen LogP contribution in [0.15, 0.2) is 211 Å². The molecular weight excluding hydrogens is 681 g/mol. The molecule has 0 spiro atoms. The molecule has 0 unspecified atom stereocenters. The summed E-state index contributed by atoms with van der Waals surface area (Å²) >= 11 is 0. The van der Waals surface area contributed by atoms with E-state index in [9.17, 15) is 0 Å². The van der Waals surface area contributed by atoms with E-state index in [1.54, 1.807) is 0 Å². The number of nitrogens with zero attached hydrogens (tertiary/aromatic N) is 2. The average molecular weight is 721 g/mol. The molecule has 0 saturated carbocycles. The van der Waals surface area contributed by atoms with Crippen LogP contribution in [0, 0.1) is 0 Å². The van der Waals surface area contributed by atoms with Crippen LogP contribution in [0.5, 0.6) is 0 Å². The Morgan fingerprint density at radius 1 is 0.411 bits per heavy atom. The molecule has 56 heavy (non-hydrogen) atoms. The normalized spacial score (nSPS) is 12.9. The molecule has 8 aromatic carbocycles. The molecule has 0 aliphatic carbocycles. The molecule has 0 N–H and O–H groups in total. The van der Waals surface area contributed by atoms with E-state index in [0.717, 1.165) is 56.3 Å². The molecule has 0 fully saturated rings. The first-order chi connectivity index (χ1) is 27.5. The van der Waals surface area contributed by atoms with Crippen molar-refractivity contribution in [1.29, 1.82) is 0 Å². The Balaban J connectivity index is 0.994. The second kappa shape index (κ2) is 13.6. The maximum Gasteiger partial charge on any atom is 0.139 e. The zero-order chi connectivity index (χ0) is 37.6. The molecular formula is C53H40N2O. The maximum absolute atomic E-state index is 6.61. The largest absolute Gasteiger partial charge is 0.458 e. The summed E-state index contributed by atoms with van der Waals surface area (Å²) in [5, 5.41) is 1.12. The number of para-hydroxylation sites is 2. The standard InChI is InChI=1S/C53H40N2O/c1-53(2)48-18-10-11-19-49(48)55(51-47-17-9-12-20-50(47)56-52(51)53)46-35-27-42(28-36-46)41-25-33-45(34-26-41)54(43-29-21-39(22-30-43)37-13-5-3-6-14-37)44-31-23-40(24-32-44)38-15-7-4-8-16-38/h3-36H,1-2H3. The fourth-order valence-electron chi connectivity index (χ4n) is 8.31. The van der Waals surface area contributed by atoms with Gasteiger partial charge in [-0.2, -0.15) is 0 Å². The van der Waals surface area contributed by atoms with Gasteiger partial charge in [-0.05, 0) is 120 Å². The van der Waals surface area contributed by atoms with Crippen LogP contribution in [0.2, 0.25) is 0 Å². The Labute approximate surface area is 328 Å². The fourth-order valence-corrected chi connectivity index (χ4v) is 8.31. The van der Waals surface area contributed by atoms with Crippen LogP contribution in [-0.4, -0.2) is 0 Å². The quantitative estimate of drug-likeness (QED) is 0.163. The lowest BCUT2D eigenvalue weighted by atomic mass is 9.77. The van der Waals surface area contributed by atoms with E-state index in [4.69, 9.17) is 4.42 Å². The third-order valence-corrected chi connectivity index (χ3v) is 11.2. The number of benzene rings is 8. The van der Waals surface area contributed by atoms with E-state index in [-0.39, 0.29) is 5.41 Å². The van der Waals surface area contributed by atoms with Crippen molar-refractivity contribution in [3.63, 3.8) is 0 Å². The third kappa shape index (κ3) is 5.77. The summed E-state index contributed by atoms with van der Waals surface area (Å²) in [5.74, 6) is 0.992. The summed E-state index contributed by atoms with van der Waals surface area (Å²) in [6.45, 7) is 4.52. The smallest absolute Gasteiger partial charge is 0.139 e. The van der Waals surface area contributed by atoms with Gasteiger partial charge in [0, 0.05) is 28.1 Å². The highest BCUT2D eigenvalue weighted by atomic mass is 16.3. The van der Waals surface area contributed by atoms with Crippen LogP contribution >= 0.6 is 0 Å². The number of furan rings is 1. The van der Waals surface area contributed by atoms with E-state index < -0.39 is 0 Å². The molecule has 3 heteroatoms. The predicted octanol–water partition coefficient (Wildman–Crippen LogP) is 15.0. The summed E-state index contributed by atoms with van der Waals surface area (Å²) < 4.78 is 6.61. The summed E-state index contributed by atoms with van der Waals surface area (Å²) in [6.07, 6.45) is 0. The Morgan fingerprint density at radius 2 is 0.821 bits per heavy atom. The average Bonchev–Trinajstić information content (AvgIpc) is 3.66. The molecule has 0 radical (unpaired) electrons. The summed E-state index contributed by atoms with van der Waals surface area (Å²) in [6, 6.07) is 73.7. The van der Waals surface area contributed by atoms with Gasteiger partial charge in [-0.1, -0.05) is 140 Å². The van der Waals surface area contributed by atoms with Gasteiger partial charge in [-0.15, -0.1) is 0 Å². The van der Waals surface area contributed by atoms with Gasteiger partial charge in [0.1, 0.15) is 11.3 Å². The van der Waals surface area contributed by atoms with Crippen molar-refractivity contribution in [1.82, 2.24) is 0 Å². The summed E-state index contributed by atoms with van der Waals surface area (Å²) in [5.41, 5.74) is 15.7. The van der Waals surface area contributed by atoms with Gasteiger partial charge in [-0.3, -0.25) is 0 Å². The van der Waals surface area contributed by atoms with Crippen LogP contribution in [0.4, 0.5) is 34.1 Å². The van der Waals surface area contributed by atoms with Gasteiger partial charge < -0.3 is 14.2 Å². The predicted molar refractivity (Wildman–Crippen MR) is 234 cm³/mol. The van der Waals surface area contributed by atoms with Crippen molar-refractivity contribution in [2.45, 2.75) is 19.3 Å². The van der Waals surface area contributed by atoms with E-state index in [0.29, 0.717) is 0 Å². The SMILES string of the molecule is CC1(C)c2ccccc2N(c2ccc(-c3ccc(N(c4ccc(-c5ccccc5)cc4)c4ccc(-c5ccccc5)cc4)cc3)cc2)c2c1oc1ccccc21. The van der Waals surface area contributed by atoms with Crippen molar-refractivity contribution in [2.24, 2.45) is 0 Å². The molecule has 0 saturated heterocycles. The zero-order valence-corrected chi connectivity index (χ0v) is 31.4. The highest BCUT2D eigenvalue weighted by Gasteiger charge is 2.41. The Bertz CT molecular complexity index is 2700.